The van der Waals surface area contributed by atoms with Crippen molar-refractivity contribution in [1.29, 1.82) is 0 Å². The lowest BCUT2D eigenvalue weighted by Crippen LogP contribution is -2.49. The van der Waals surface area contributed by atoms with Crippen molar-refractivity contribution in [1.82, 2.24) is 19.9 Å². The number of piperidine rings is 1. The third-order valence-corrected chi connectivity index (χ3v) is 5.43. The molecule has 4 rings (SSSR count). The van der Waals surface area contributed by atoms with Crippen LogP contribution in [0.5, 0.6) is 11.5 Å². The normalized spacial score (nSPS) is 21.4. The fraction of sp³-hybridized carbons (Fsp3) is 0.474. The summed E-state index contributed by atoms with van der Waals surface area (Å²) in [6, 6.07) is 5.04. The Morgan fingerprint density at radius 2 is 1.96 bits per heavy atom. The second kappa shape index (κ2) is 7.14. The van der Waals surface area contributed by atoms with E-state index >= 15 is 0 Å². The summed E-state index contributed by atoms with van der Waals surface area (Å²) in [7, 11) is 0. The van der Waals surface area contributed by atoms with E-state index in [2.05, 4.69) is 10.3 Å². The second-order valence-electron chi connectivity index (χ2n) is 7.09. The summed E-state index contributed by atoms with van der Waals surface area (Å²) in [6.07, 6.45) is 1.23. The number of aromatic nitrogens is 3. The zero-order chi connectivity index (χ0) is 19.8. The van der Waals surface area contributed by atoms with Gasteiger partial charge < -0.3 is 19.5 Å². The first-order valence-corrected chi connectivity index (χ1v) is 9.33. The van der Waals surface area contributed by atoms with E-state index in [1.54, 1.807) is 35.6 Å². The SMILES string of the molecule is Cc1c(C(=O)N2CCC[C@@H](C(=O)O)[C@H]2C)nnn1-c1ccc2c(c1)OCCO2. The number of likely N-dealkylation sites (tertiary alicyclic amines) is 1. The molecule has 1 saturated heterocycles. The van der Waals surface area contributed by atoms with Gasteiger partial charge in [0.25, 0.3) is 5.91 Å². The zero-order valence-corrected chi connectivity index (χ0v) is 15.8. The Labute approximate surface area is 161 Å². The Morgan fingerprint density at radius 1 is 1.21 bits per heavy atom. The zero-order valence-electron chi connectivity index (χ0n) is 15.8. The average molecular weight is 386 g/mol. The van der Waals surface area contributed by atoms with Crippen molar-refractivity contribution in [3.05, 3.63) is 29.6 Å². The molecule has 1 fully saturated rings. The number of carboxylic acid groups (broad SMARTS) is 1. The van der Waals surface area contributed by atoms with Crippen molar-refractivity contribution in [2.45, 2.75) is 32.7 Å². The van der Waals surface area contributed by atoms with E-state index in [1.165, 1.54) is 0 Å². The maximum atomic E-state index is 13.0. The first kappa shape index (κ1) is 18.3. The highest BCUT2D eigenvalue weighted by Crippen LogP contribution is 2.32. The van der Waals surface area contributed by atoms with E-state index in [4.69, 9.17) is 9.47 Å². The fourth-order valence-electron chi connectivity index (χ4n) is 3.83. The first-order chi connectivity index (χ1) is 13.5. The number of amides is 1. The summed E-state index contributed by atoms with van der Waals surface area (Å²) in [5, 5.41) is 17.6. The molecule has 2 atom stereocenters. The summed E-state index contributed by atoms with van der Waals surface area (Å²) in [5.74, 6) is -0.432. The van der Waals surface area contributed by atoms with Crippen molar-refractivity contribution >= 4 is 11.9 Å². The van der Waals surface area contributed by atoms with Crippen LogP contribution in [0.2, 0.25) is 0 Å². The van der Waals surface area contributed by atoms with Gasteiger partial charge in [-0.1, -0.05) is 5.21 Å². The van der Waals surface area contributed by atoms with Crippen molar-refractivity contribution in [2.24, 2.45) is 5.92 Å². The van der Waals surface area contributed by atoms with Crippen LogP contribution in [0.3, 0.4) is 0 Å². The summed E-state index contributed by atoms with van der Waals surface area (Å²) in [4.78, 5) is 26.1. The molecule has 148 valence electrons. The van der Waals surface area contributed by atoms with Gasteiger partial charge >= 0.3 is 5.97 Å². The van der Waals surface area contributed by atoms with E-state index < -0.39 is 17.9 Å². The molecule has 0 bridgehead atoms. The largest absolute Gasteiger partial charge is 0.486 e. The molecular formula is C19H22N4O5. The summed E-state index contributed by atoms with van der Waals surface area (Å²) >= 11 is 0. The Balaban J connectivity index is 1.61. The lowest BCUT2D eigenvalue weighted by atomic mass is 9.90. The molecule has 2 aliphatic heterocycles. The van der Waals surface area contributed by atoms with Gasteiger partial charge in [0.05, 0.1) is 17.3 Å². The highest BCUT2D eigenvalue weighted by molar-refractivity contribution is 5.94. The highest BCUT2D eigenvalue weighted by Gasteiger charge is 2.37. The first-order valence-electron chi connectivity index (χ1n) is 9.33. The molecule has 2 aliphatic rings. The predicted octanol–water partition coefficient (Wildman–Crippen LogP) is 1.67. The number of hydrogen-bond donors (Lipinski definition) is 1. The van der Waals surface area contributed by atoms with Crippen LogP contribution >= 0.6 is 0 Å². The van der Waals surface area contributed by atoms with Crippen LogP contribution in [0.15, 0.2) is 18.2 Å². The van der Waals surface area contributed by atoms with Gasteiger partial charge in [0, 0.05) is 18.7 Å². The van der Waals surface area contributed by atoms with Gasteiger partial charge in [0.2, 0.25) is 0 Å². The van der Waals surface area contributed by atoms with Gasteiger partial charge in [-0.25, -0.2) is 4.68 Å². The third-order valence-electron chi connectivity index (χ3n) is 5.43. The molecule has 1 N–H and O–H groups in total. The van der Waals surface area contributed by atoms with Gasteiger partial charge in [0.15, 0.2) is 17.2 Å². The Hall–Kier alpha value is -3.10. The van der Waals surface area contributed by atoms with Crippen molar-refractivity contribution in [3.63, 3.8) is 0 Å². The summed E-state index contributed by atoms with van der Waals surface area (Å²) in [5.41, 5.74) is 1.53. The van der Waals surface area contributed by atoms with Crippen LogP contribution in [0.1, 0.15) is 35.9 Å². The molecular weight excluding hydrogens is 364 g/mol. The lowest BCUT2D eigenvalue weighted by Gasteiger charge is -2.37. The Morgan fingerprint density at radius 3 is 2.71 bits per heavy atom. The molecule has 0 spiro atoms. The monoisotopic (exact) mass is 386 g/mol. The third kappa shape index (κ3) is 3.06. The number of fused-ring (bicyclic) bond motifs is 1. The molecule has 9 nitrogen and oxygen atoms in total. The molecule has 9 heteroatoms. The van der Waals surface area contributed by atoms with Gasteiger partial charge in [-0.2, -0.15) is 0 Å². The van der Waals surface area contributed by atoms with Gasteiger partial charge in [-0.05, 0) is 38.8 Å². The number of rotatable bonds is 3. The molecule has 1 amide bonds. The minimum atomic E-state index is -0.873. The van der Waals surface area contributed by atoms with E-state index in [0.717, 1.165) is 0 Å². The van der Waals surface area contributed by atoms with Crippen LogP contribution < -0.4 is 9.47 Å². The molecule has 0 saturated carbocycles. The predicted molar refractivity (Wildman–Crippen MR) is 97.9 cm³/mol. The van der Waals surface area contributed by atoms with E-state index in [-0.39, 0.29) is 11.6 Å². The Kier molecular flexibility index (Phi) is 4.66. The topological polar surface area (TPSA) is 107 Å². The van der Waals surface area contributed by atoms with E-state index in [0.29, 0.717) is 55.5 Å². The molecule has 1 aromatic carbocycles. The number of ether oxygens (including phenoxy) is 2. The van der Waals surface area contributed by atoms with Crippen LogP contribution in [0.25, 0.3) is 5.69 Å². The summed E-state index contributed by atoms with van der Waals surface area (Å²) in [6.45, 7) is 5.05. The smallest absolute Gasteiger partial charge is 0.308 e. The Bertz CT molecular complexity index is 925. The number of carbonyl (C=O) groups excluding carboxylic acids is 1. The molecule has 1 aromatic heterocycles. The quantitative estimate of drug-likeness (QED) is 0.855. The van der Waals surface area contributed by atoms with Crippen molar-refractivity contribution in [2.75, 3.05) is 19.8 Å². The number of nitrogens with zero attached hydrogens (tertiary/aromatic N) is 4. The van der Waals surface area contributed by atoms with E-state index in [9.17, 15) is 14.7 Å². The van der Waals surface area contributed by atoms with Gasteiger partial charge in [0.1, 0.15) is 13.2 Å². The van der Waals surface area contributed by atoms with Crippen LogP contribution in [0.4, 0.5) is 0 Å². The molecule has 0 radical (unpaired) electrons. The van der Waals surface area contributed by atoms with Gasteiger partial charge in [-0.3, -0.25) is 9.59 Å². The standard InChI is InChI=1S/C19H22N4O5/c1-11-14(19(25)26)4-3-7-22(11)18(24)17-12(2)23(21-20-17)13-5-6-15-16(10-13)28-9-8-27-15/h5-6,10-11,14H,3-4,7-9H2,1-2H3,(H,25,26)/t11-,14-/m1/s1. The molecule has 2 aromatic rings. The fourth-order valence-corrected chi connectivity index (χ4v) is 3.83. The van der Waals surface area contributed by atoms with Crippen molar-refractivity contribution in [3.8, 4) is 17.2 Å². The number of hydrogen-bond acceptors (Lipinski definition) is 6. The molecule has 28 heavy (non-hydrogen) atoms. The molecule has 0 aliphatic carbocycles. The number of benzene rings is 1. The minimum absolute atomic E-state index is 0.229. The average Bonchev–Trinajstić information content (AvgIpc) is 3.08. The van der Waals surface area contributed by atoms with E-state index in [1.807, 2.05) is 6.07 Å². The highest BCUT2D eigenvalue weighted by atomic mass is 16.6. The van der Waals surface area contributed by atoms with Crippen LogP contribution in [-0.2, 0) is 4.79 Å². The molecule has 3 heterocycles. The minimum Gasteiger partial charge on any atom is -0.486 e. The maximum Gasteiger partial charge on any atom is 0.308 e. The van der Waals surface area contributed by atoms with Crippen LogP contribution in [-0.4, -0.2) is 62.7 Å². The van der Waals surface area contributed by atoms with Crippen LogP contribution in [0, 0.1) is 12.8 Å². The number of carbonyl (C=O) groups is 2. The number of carboxylic acids is 1. The lowest BCUT2D eigenvalue weighted by molar-refractivity contribution is -0.144. The summed E-state index contributed by atoms with van der Waals surface area (Å²) < 4.78 is 12.7. The molecule has 0 unspecified atom stereocenters. The van der Waals surface area contributed by atoms with Crippen molar-refractivity contribution < 1.29 is 24.2 Å². The maximum absolute atomic E-state index is 13.0. The second-order valence-corrected chi connectivity index (χ2v) is 7.09. The number of aliphatic carboxylic acids is 1. The van der Waals surface area contributed by atoms with Gasteiger partial charge in [-0.15, -0.1) is 5.10 Å².